The van der Waals surface area contributed by atoms with E-state index >= 15 is 0 Å². The Morgan fingerprint density at radius 3 is 2.88 bits per heavy atom. The maximum Gasteiger partial charge on any atom is 0.119 e. The Balaban J connectivity index is 2.09. The van der Waals surface area contributed by atoms with Crippen LogP contribution in [0.4, 0.5) is 0 Å². The van der Waals surface area contributed by atoms with Gasteiger partial charge in [0, 0.05) is 13.2 Å². The largest absolute Gasteiger partial charge is 0.497 e. The highest BCUT2D eigenvalue weighted by Gasteiger charge is 2.10. The van der Waals surface area contributed by atoms with Gasteiger partial charge < -0.3 is 10.5 Å². The number of benzene rings is 1. The molecule has 0 spiro atoms. The Labute approximate surface area is 101 Å². The van der Waals surface area contributed by atoms with Crippen LogP contribution in [0, 0.1) is 0 Å². The van der Waals surface area contributed by atoms with Gasteiger partial charge in [0.25, 0.3) is 0 Å². The molecule has 0 bridgehead atoms. The van der Waals surface area contributed by atoms with Gasteiger partial charge in [-0.25, -0.2) is 0 Å². The minimum absolute atomic E-state index is 0.0803. The topological polar surface area (TPSA) is 53.1 Å². The van der Waals surface area contributed by atoms with Crippen LogP contribution in [-0.4, -0.2) is 16.9 Å². The van der Waals surface area contributed by atoms with Gasteiger partial charge >= 0.3 is 0 Å². The zero-order valence-electron chi connectivity index (χ0n) is 10.1. The molecule has 1 heterocycles. The molecule has 1 aromatic carbocycles. The first kappa shape index (κ1) is 11.7. The van der Waals surface area contributed by atoms with E-state index in [2.05, 4.69) is 5.10 Å². The van der Waals surface area contributed by atoms with Crippen LogP contribution in [-0.2, 0) is 13.5 Å². The van der Waals surface area contributed by atoms with Crippen molar-refractivity contribution in [2.45, 2.75) is 12.5 Å². The van der Waals surface area contributed by atoms with Gasteiger partial charge in [-0.05, 0) is 30.2 Å². The smallest absolute Gasteiger partial charge is 0.119 e. The molecular formula is C13H17N3O. The molecule has 90 valence electrons. The minimum Gasteiger partial charge on any atom is -0.497 e. The fourth-order valence-electron chi connectivity index (χ4n) is 1.79. The van der Waals surface area contributed by atoms with E-state index in [1.54, 1.807) is 11.8 Å². The number of methoxy groups -OCH3 is 1. The van der Waals surface area contributed by atoms with Crippen molar-refractivity contribution in [1.82, 2.24) is 9.78 Å². The fraction of sp³-hybridized carbons (Fsp3) is 0.308. The summed E-state index contributed by atoms with van der Waals surface area (Å²) in [5.41, 5.74) is 8.18. The van der Waals surface area contributed by atoms with Crippen LogP contribution in [0.1, 0.15) is 17.3 Å². The molecule has 0 amide bonds. The Bertz CT molecular complexity index is 493. The van der Waals surface area contributed by atoms with Crippen molar-refractivity contribution in [2.75, 3.05) is 7.11 Å². The lowest BCUT2D eigenvalue weighted by molar-refractivity contribution is 0.414. The minimum atomic E-state index is -0.0803. The highest BCUT2D eigenvalue weighted by atomic mass is 16.5. The van der Waals surface area contributed by atoms with E-state index < -0.39 is 0 Å². The van der Waals surface area contributed by atoms with Crippen molar-refractivity contribution in [1.29, 1.82) is 0 Å². The first-order valence-corrected chi connectivity index (χ1v) is 5.57. The predicted molar refractivity (Wildman–Crippen MR) is 66.8 cm³/mol. The van der Waals surface area contributed by atoms with E-state index in [-0.39, 0.29) is 6.04 Å². The van der Waals surface area contributed by atoms with Crippen molar-refractivity contribution in [3.05, 3.63) is 47.8 Å². The van der Waals surface area contributed by atoms with Gasteiger partial charge in [0.1, 0.15) is 5.75 Å². The Morgan fingerprint density at radius 2 is 2.24 bits per heavy atom. The van der Waals surface area contributed by atoms with Gasteiger partial charge in [0.2, 0.25) is 0 Å². The first-order valence-electron chi connectivity index (χ1n) is 5.57. The zero-order chi connectivity index (χ0) is 12.3. The highest BCUT2D eigenvalue weighted by molar-refractivity contribution is 5.29. The average Bonchev–Trinajstić information content (AvgIpc) is 2.76. The number of hydrogen-bond acceptors (Lipinski definition) is 3. The molecule has 0 aliphatic carbocycles. The third-order valence-electron chi connectivity index (χ3n) is 2.70. The van der Waals surface area contributed by atoms with Crippen LogP contribution in [0.25, 0.3) is 0 Å². The van der Waals surface area contributed by atoms with Crippen LogP contribution in [0.3, 0.4) is 0 Å². The highest BCUT2D eigenvalue weighted by Crippen LogP contribution is 2.18. The van der Waals surface area contributed by atoms with Gasteiger partial charge in [0.15, 0.2) is 0 Å². The monoisotopic (exact) mass is 231 g/mol. The summed E-state index contributed by atoms with van der Waals surface area (Å²) in [5.74, 6) is 0.857. The third kappa shape index (κ3) is 2.85. The van der Waals surface area contributed by atoms with Crippen molar-refractivity contribution >= 4 is 0 Å². The van der Waals surface area contributed by atoms with Gasteiger partial charge in [0.05, 0.1) is 18.8 Å². The number of rotatable bonds is 4. The lowest BCUT2D eigenvalue weighted by Gasteiger charge is -2.09. The molecule has 2 rings (SSSR count). The van der Waals surface area contributed by atoms with Crippen LogP contribution >= 0.6 is 0 Å². The maximum absolute atomic E-state index is 6.12. The SMILES string of the molecule is COc1cccc(CC(N)c2ccn(C)n2)c1. The molecule has 1 unspecified atom stereocenters. The second-order valence-electron chi connectivity index (χ2n) is 4.08. The molecule has 0 aliphatic heterocycles. The van der Waals surface area contributed by atoms with Crippen molar-refractivity contribution < 1.29 is 4.74 Å². The van der Waals surface area contributed by atoms with Crippen LogP contribution in [0.15, 0.2) is 36.5 Å². The summed E-state index contributed by atoms with van der Waals surface area (Å²) in [4.78, 5) is 0. The summed E-state index contributed by atoms with van der Waals surface area (Å²) < 4.78 is 6.95. The molecular weight excluding hydrogens is 214 g/mol. The molecule has 1 atom stereocenters. The fourth-order valence-corrected chi connectivity index (χ4v) is 1.79. The quantitative estimate of drug-likeness (QED) is 0.870. The third-order valence-corrected chi connectivity index (χ3v) is 2.70. The summed E-state index contributed by atoms with van der Waals surface area (Å²) in [6.07, 6.45) is 2.66. The van der Waals surface area contributed by atoms with Crippen LogP contribution in [0.5, 0.6) is 5.75 Å². The first-order chi connectivity index (χ1) is 8.19. The molecule has 4 nitrogen and oxygen atoms in total. The van der Waals surface area contributed by atoms with Gasteiger partial charge in [-0.1, -0.05) is 12.1 Å². The van der Waals surface area contributed by atoms with E-state index in [1.165, 1.54) is 0 Å². The van der Waals surface area contributed by atoms with Gasteiger partial charge in [-0.15, -0.1) is 0 Å². The number of nitrogens with zero attached hydrogens (tertiary/aromatic N) is 2. The molecule has 2 aromatic rings. The second-order valence-corrected chi connectivity index (χ2v) is 4.08. The molecule has 0 radical (unpaired) electrons. The molecule has 1 aromatic heterocycles. The molecule has 0 aliphatic rings. The standard InChI is InChI=1S/C13H17N3O/c1-16-7-6-13(15-16)12(14)9-10-4-3-5-11(8-10)17-2/h3-8,12H,9,14H2,1-2H3. The van der Waals surface area contributed by atoms with Crippen LogP contribution < -0.4 is 10.5 Å². The number of aromatic nitrogens is 2. The Hall–Kier alpha value is -1.81. The Morgan fingerprint density at radius 1 is 1.41 bits per heavy atom. The lowest BCUT2D eigenvalue weighted by atomic mass is 10.0. The summed E-state index contributed by atoms with van der Waals surface area (Å²) >= 11 is 0. The van der Waals surface area contributed by atoms with Gasteiger partial charge in [-0.3, -0.25) is 4.68 Å². The maximum atomic E-state index is 6.12. The Kier molecular flexibility index (Phi) is 3.44. The normalized spacial score (nSPS) is 12.4. The zero-order valence-corrected chi connectivity index (χ0v) is 10.1. The number of hydrogen-bond donors (Lipinski definition) is 1. The summed E-state index contributed by atoms with van der Waals surface area (Å²) in [6.45, 7) is 0. The molecule has 0 saturated heterocycles. The van der Waals surface area contributed by atoms with Crippen molar-refractivity contribution in [3.8, 4) is 5.75 Å². The van der Waals surface area contributed by atoms with Crippen molar-refractivity contribution in [3.63, 3.8) is 0 Å². The molecule has 4 heteroatoms. The molecule has 2 N–H and O–H groups in total. The second kappa shape index (κ2) is 5.01. The van der Waals surface area contributed by atoms with E-state index in [0.29, 0.717) is 0 Å². The van der Waals surface area contributed by atoms with Crippen LogP contribution in [0.2, 0.25) is 0 Å². The number of nitrogens with two attached hydrogens (primary N) is 1. The predicted octanol–water partition coefficient (Wildman–Crippen LogP) is 1.67. The van der Waals surface area contributed by atoms with E-state index in [1.807, 2.05) is 43.6 Å². The van der Waals surface area contributed by atoms with E-state index in [9.17, 15) is 0 Å². The van der Waals surface area contributed by atoms with Crippen molar-refractivity contribution in [2.24, 2.45) is 12.8 Å². The number of ether oxygens (including phenoxy) is 1. The molecule has 0 fully saturated rings. The van der Waals surface area contributed by atoms with E-state index in [4.69, 9.17) is 10.5 Å². The average molecular weight is 231 g/mol. The summed E-state index contributed by atoms with van der Waals surface area (Å²) in [7, 11) is 3.56. The number of aryl methyl sites for hydroxylation is 1. The van der Waals surface area contributed by atoms with E-state index in [0.717, 1.165) is 23.4 Å². The summed E-state index contributed by atoms with van der Waals surface area (Å²) in [6, 6.07) is 9.82. The lowest BCUT2D eigenvalue weighted by Crippen LogP contribution is -2.14. The van der Waals surface area contributed by atoms with Gasteiger partial charge in [-0.2, -0.15) is 5.10 Å². The molecule has 0 saturated carbocycles. The molecule has 17 heavy (non-hydrogen) atoms. The summed E-state index contributed by atoms with van der Waals surface area (Å²) in [5, 5.41) is 4.31.